The van der Waals surface area contributed by atoms with Crippen LogP contribution in [-0.4, -0.2) is 25.4 Å². The lowest BCUT2D eigenvalue weighted by atomic mass is 10.3. The summed E-state index contributed by atoms with van der Waals surface area (Å²) in [6, 6.07) is 0. The Morgan fingerprint density at radius 3 is 1.58 bits per heavy atom. The third-order valence-corrected chi connectivity index (χ3v) is 1.24. The molecule has 0 aromatic carbocycles. The zero-order valence-corrected chi connectivity index (χ0v) is 8.59. The lowest BCUT2D eigenvalue weighted by Crippen LogP contribution is -2.11. The molecule has 12 heavy (non-hydrogen) atoms. The molecule has 72 valence electrons. The predicted molar refractivity (Wildman–Crippen MR) is 51.3 cm³/mol. The van der Waals surface area contributed by atoms with E-state index in [1.807, 2.05) is 27.7 Å². The minimum Gasteiger partial charge on any atom is -0.374 e. The molecule has 0 N–H and O–H groups in total. The standard InChI is InChI=1S/C10H20O2/c1-8(2)11-6-10(5)7-12-9(3)4/h8-9H,5-7H2,1-4H3. The molecule has 0 amide bonds. The summed E-state index contributed by atoms with van der Waals surface area (Å²) in [4.78, 5) is 0. The molecule has 0 saturated carbocycles. The summed E-state index contributed by atoms with van der Waals surface area (Å²) in [5.74, 6) is 0. The van der Waals surface area contributed by atoms with Crippen LogP contribution < -0.4 is 0 Å². The molecule has 0 aliphatic heterocycles. The van der Waals surface area contributed by atoms with Gasteiger partial charge in [0.2, 0.25) is 0 Å². The van der Waals surface area contributed by atoms with Crippen molar-refractivity contribution in [3.63, 3.8) is 0 Å². The maximum absolute atomic E-state index is 5.36. The molecule has 0 spiro atoms. The normalized spacial score (nSPS) is 11.2. The lowest BCUT2D eigenvalue weighted by Gasteiger charge is -2.11. The molecular weight excluding hydrogens is 152 g/mol. The first kappa shape index (κ1) is 11.7. The van der Waals surface area contributed by atoms with Crippen LogP contribution in [0.5, 0.6) is 0 Å². The van der Waals surface area contributed by atoms with E-state index in [9.17, 15) is 0 Å². The van der Waals surface area contributed by atoms with Crippen molar-refractivity contribution in [3.8, 4) is 0 Å². The van der Waals surface area contributed by atoms with Gasteiger partial charge in [0, 0.05) is 0 Å². The molecule has 2 heteroatoms. The van der Waals surface area contributed by atoms with Gasteiger partial charge in [-0.2, -0.15) is 0 Å². The number of rotatable bonds is 6. The summed E-state index contributed by atoms with van der Waals surface area (Å²) in [5.41, 5.74) is 0.998. The second kappa shape index (κ2) is 6.21. The van der Waals surface area contributed by atoms with E-state index >= 15 is 0 Å². The van der Waals surface area contributed by atoms with Crippen LogP contribution in [0, 0.1) is 0 Å². The molecule has 0 fully saturated rings. The van der Waals surface area contributed by atoms with Gasteiger partial charge in [0.15, 0.2) is 0 Å². The molecule has 0 rings (SSSR count). The highest BCUT2D eigenvalue weighted by molar-refractivity contribution is 4.94. The van der Waals surface area contributed by atoms with Crippen molar-refractivity contribution in [2.45, 2.75) is 39.9 Å². The monoisotopic (exact) mass is 172 g/mol. The van der Waals surface area contributed by atoms with Crippen LogP contribution in [-0.2, 0) is 9.47 Å². The molecule has 2 nitrogen and oxygen atoms in total. The van der Waals surface area contributed by atoms with Gasteiger partial charge in [-0.25, -0.2) is 0 Å². The zero-order valence-electron chi connectivity index (χ0n) is 8.59. The van der Waals surface area contributed by atoms with Gasteiger partial charge in [-0.3, -0.25) is 0 Å². The molecule has 0 bridgehead atoms. The SMILES string of the molecule is C=C(COC(C)C)COC(C)C. The number of ether oxygens (including phenoxy) is 2. The molecule has 0 radical (unpaired) electrons. The van der Waals surface area contributed by atoms with Gasteiger partial charge < -0.3 is 9.47 Å². The molecule has 0 atom stereocenters. The largest absolute Gasteiger partial charge is 0.374 e. The summed E-state index contributed by atoms with van der Waals surface area (Å²) in [6.07, 6.45) is 0.529. The second-order valence-corrected chi connectivity index (χ2v) is 3.47. The Morgan fingerprint density at radius 2 is 1.33 bits per heavy atom. The Labute approximate surface area is 75.6 Å². The second-order valence-electron chi connectivity index (χ2n) is 3.47. The van der Waals surface area contributed by atoms with Crippen molar-refractivity contribution in [3.05, 3.63) is 12.2 Å². The van der Waals surface area contributed by atoms with E-state index in [-0.39, 0.29) is 12.2 Å². The molecule has 0 aromatic heterocycles. The van der Waals surface area contributed by atoms with E-state index in [1.54, 1.807) is 0 Å². The van der Waals surface area contributed by atoms with Gasteiger partial charge in [-0.15, -0.1) is 0 Å². The van der Waals surface area contributed by atoms with E-state index in [1.165, 1.54) is 0 Å². The number of hydrogen-bond donors (Lipinski definition) is 0. The summed E-state index contributed by atoms with van der Waals surface area (Å²) in [6.45, 7) is 13.1. The first-order valence-corrected chi connectivity index (χ1v) is 4.42. The van der Waals surface area contributed by atoms with Crippen LogP contribution in [0.25, 0.3) is 0 Å². The average Bonchev–Trinajstić information content (AvgIpc) is 1.96. The van der Waals surface area contributed by atoms with Crippen LogP contribution >= 0.6 is 0 Å². The fourth-order valence-electron chi connectivity index (χ4n) is 0.611. The van der Waals surface area contributed by atoms with Crippen LogP contribution in [0.2, 0.25) is 0 Å². The highest BCUT2D eigenvalue weighted by Gasteiger charge is 1.99. The average molecular weight is 172 g/mol. The topological polar surface area (TPSA) is 18.5 Å². The third kappa shape index (κ3) is 7.76. The Hall–Kier alpha value is -0.340. The fourth-order valence-corrected chi connectivity index (χ4v) is 0.611. The van der Waals surface area contributed by atoms with E-state index in [2.05, 4.69) is 6.58 Å². The van der Waals surface area contributed by atoms with Gasteiger partial charge >= 0.3 is 0 Å². The molecule has 0 heterocycles. The highest BCUT2D eigenvalue weighted by atomic mass is 16.5. The van der Waals surface area contributed by atoms with E-state index in [0.29, 0.717) is 13.2 Å². The quantitative estimate of drug-likeness (QED) is 0.573. The van der Waals surface area contributed by atoms with Gasteiger partial charge in [0.25, 0.3) is 0 Å². The molecule has 0 saturated heterocycles. The third-order valence-electron chi connectivity index (χ3n) is 1.24. The number of hydrogen-bond acceptors (Lipinski definition) is 2. The van der Waals surface area contributed by atoms with Gasteiger partial charge in [-0.1, -0.05) is 6.58 Å². The van der Waals surface area contributed by atoms with Gasteiger partial charge in [0.1, 0.15) is 0 Å². The Balaban J connectivity index is 3.34. The molecule has 0 aromatic rings. The van der Waals surface area contributed by atoms with E-state index in [4.69, 9.17) is 9.47 Å². The maximum Gasteiger partial charge on any atom is 0.0699 e. The van der Waals surface area contributed by atoms with E-state index in [0.717, 1.165) is 5.57 Å². The Kier molecular flexibility index (Phi) is 6.03. The first-order chi connectivity index (χ1) is 5.52. The molecule has 0 unspecified atom stereocenters. The summed E-state index contributed by atoms with van der Waals surface area (Å²) < 4.78 is 10.7. The van der Waals surface area contributed by atoms with Crippen LogP contribution in [0.1, 0.15) is 27.7 Å². The van der Waals surface area contributed by atoms with Crippen molar-refractivity contribution < 1.29 is 9.47 Å². The van der Waals surface area contributed by atoms with Crippen LogP contribution in [0.15, 0.2) is 12.2 Å². The van der Waals surface area contributed by atoms with Crippen LogP contribution in [0.4, 0.5) is 0 Å². The fraction of sp³-hybridized carbons (Fsp3) is 0.800. The zero-order chi connectivity index (χ0) is 9.56. The van der Waals surface area contributed by atoms with Crippen molar-refractivity contribution in [2.75, 3.05) is 13.2 Å². The van der Waals surface area contributed by atoms with Crippen molar-refractivity contribution in [1.82, 2.24) is 0 Å². The van der Waals surface area contributed by atoms with Crippen molar-refractivity contribution in [2.24, 2.45) is 0 Å². The van der Waals surface area contributed by atoms with Crippen molar-refractivity contribution >= 4 is 0 Å². The summed E-state index contributed by atoms with van der Waals surface area (Å²) >= 11 is 0. The van der Waals surface area contributed by atoms with Crippen LogP contribution in [0.3, 0.4) is 0 Å². The van der Waals surface area contributed by atoms with Gasteiger partial charge in [0.05, 0.1) is 25.4 Å². The predicted octanol–water partition coefficient (Wildman–Crippen LogP) is 2.39. The summed E-state index contributed by atoms with van der Waals surface area (Å²) in [5, 5.41) is 0. The molecule has 0 aliphatic carbocycles. The van der Waals surface area contributed by atoms with E-state index < -0.39 is 0 Å². The minimum atomic E-state index is 0.265. The molecule has 0 aliphatic rings. The van der Waals surface area contributed by atoms with Gasteiger partial charge in [-0.05, 0) is 33.3 Å². The smallest absolute Gasteiger partial charge is 0.0699 e. The highest BCUT2D eigenvalue weighted by Crippen LogP contribution is 1.98. The first-order valence-electron chi connectivity index (χ1n) is 4.42. The lowest BCUT2D eigenvalue weighted by molar-refractivity contribution is 0.0648. The Morgan fingerprint density at radius 1 is 1.00 bits per heavy atom. The maximum atomic E-state index is 5.36. The molecular formula is C10H20O2. The van der Waals surface area contributed by atoms with Crippen molar-refractivity contribution in [1.29, 1.82) is 0 Å². The minimum absolute atomic E-state index is 0.265. The Bertz CT molecular complexity index is 114. The summed E-state index contributed by atoms with van der Waals surface area (Å²) in [7, 11) is 0.